The molecule has 0 aliphatic carbocycles. The standard InChI is InChI=1S/C21H31N3O/c1-17-9-13-23(14-10-17)12-6-5-11-22-21(25)16-24-18(2)15-19-7-3-4-8-20(19)24/h3-4,7-8,15,17H,5-6,9-14,16H2,1-2H3,(H,22,25). The summed E-state index contributed by atoms with van der Waals surface area (Å²) in [5.41, 5.74) is 2.27. The van der Waals surface area contributed by atoms with E-state index in [2.05, 4.69) is 46.8 Å². The van der Waals surface area contributed by atoms with E-state index in [0.717, 1.165) is 30.1 Å². The van der Waals surface area contributed by atoms with Crippen LogP contribution in [0.1, 0.15) is 38.3 Å². The minimum absolute atomic E-state index is 0.108. The fourth-order valence-electron chi connectivity index (χ4n) is 3.73. The highest BCUT2D eigenvalue weighted by Crippen LogP contribution is 2.19. The zero-order valence-corrected chi connectivity index (χ0v) is 15.6. The van der Waals surface area contributed by atoms with Gasteiger partial charge in [-0.05, 0) is 75.7 Å². The minimum atomic E-state index is 0.108. The highest BCUT2D eigenvalue weighted by Gasteiger charge is 2.14. The average Bonchev–Trinajstić information content (AvgIpc) is 2.92. The second kappa shape index (κ2) is 8.52. The van der Waals surface area contributed by atoms with Crippen LogP contribution >= 0.6 is 0 Å². The number of para-hydroxylation sites is 1. The predicted octanol–water partition coefficient (Wildman–Crippen LogP) is 3.58. The van der Waals surface area contributed by atoms with Crippen LogP contribution in [0.2, 0.25) is 0 Å². The zero-order valence-electron chi connectivity index (χ0n) is 15.6. The van der Waals surface area contributed by atoms with Crippen molar-refractivity contribution in [3.8, 4) is 0 Å². The number of carbonyl (C=O) groups excluding carboxylic acids is 1. The second-order valence-electron chi connectivity index (χ2n) is 7.51. The van der Waals surface area contributed by atoms with Crippen LogP contribution < -0.4 is 5.32 Å². The van der Waals surface area contributed by atoms with Crippen molar-refractivity contribution >= 4 is 16.8 Å². The number of piperidine rings is 1. The smallest absolute Gasteiger partial charge is 0.239 e. The molecule has 1 fully saturated rings. The Morgan fingerprint density at radius 3 is 2.76 bits per heavy atom. The quantitative estimate of drug-likeness (QED) is 0.782. The zero-order chi connectivity index (χ0) is 17.6. The van der Waals surface area contributed by atoms with Crippen LogP contribution in [0.5, 0.6) is 0 Å². The van der Waals surface area contributed by atoms with Crippen LogP contribution in [0.4, 0.5) is 0 Å². The number of hydrogen-bond donors (Lipinski definition) is 1. The molecule has 1 aromatic carbocycles. The third kappa shape index (κ3) is 4.85. The number of benzene rings is 1. The molecule has 0 atom stereocenters. The van der Waals surface area contributed by atoms with Gasteiger partial charge in [-0.15, -0.1) is 0 Å². The molecule has 0 saturated carbocycles. The van der Waals surface area contributed by atoms with Crippen LogP contribution in [-0.4, -0.2) is 41.6 Å². The number of rotatable bonds is 7. The van der Waals surface area contributed by atoms with Gasteiger partial charge in [0, 0.05) is 17.8 Å². The number of nitrogens with one attached hydrogen (secondary N) is 1. The molecule has 0 spiro atoms. The average molecular weight is 341 g/mol. The number of aromatic nitrogens is 1. The van der Waals surface area contributed by atoms with E-state index in [1.54, 1.807) is 0 Å². The Hall–Kier alpha value is -1.81. The number of fused-ring (bicyclic) bond motifs is 1. The number of likely N-dealkylation sites (tertiary alicyclic amines) is 1. The molecule has 4 heteroatoms. The van der Waals surface area contributed by atoms with Gasteiger partial charge in [-0.1, -0.05) is 25.1 Å². The Morgan fingerprint density at radius 2 is 1.96 bits per heavy atom. The number of amides is 1. The molecule has 1 aromatic heterocycles. The van der Waals surface area contributed by atoms with Gasteiger partial charge in [0.1, 0.15) is 6.54 Å². The van der Waals surface area contributed by atoms with Crippen molar-refractivity contribution in [1.29, 1.82) is 0 Å². The summed E-state index contributed by atoms with van der Waals surface area (Å²) < 4.78 is 2.10. The summed E-state index contributed by atoms with van der Waals surface area (Å²) in [6.45, 7) is 9.25. The molecule has 136 valence electrons. The van der Waals surface area contributed by atoms with Crippen LogP contribution in [0.25, 0.3) is 10.9 Å². The van der Waals surface area contributed by atoms with Crippen molar-refractivity contribution in [2.75, 3.05) is 26.2 Å². The van der Waals surface area contributed by atoms with Crippen LogP contribution in [0, 0.1) is 12.8 Å². The van der Waals surface area contributed by atoms with E-state index in [0.29, 0.717) is 6.54 Å². The van der Waals surface area contributed by atoms with Crippen molar-refractivity contribution in [1.82, 2.24) is 14.8 Å². The highest BCUT2D eigenvalue weighted by molar-refractivity contribution is 5.84. The molecular weight excluding hydrogens is 310 g/mol. The lowest BCUT2D eigenvalue weighted by Gasteiger charge is -2.30. The van der Waals surface area contributed by atoms with Gasteiger partial charge < -0.3 is 14.8 Å². The van der Waals surface area contributed by atoms with Gasteiger partial charge in [0.15, 0.2) is 0 Å². The third-order valence-electron chi connectivity index (χ3n) is 5.42. The van der Waals surface area contributed by atoms with Crippen molar-refractivity contribution in [2.24, 2.45) is 5.92 Å². The van der Waals surface area contributed by atoms with E-state index in [-0.39, 0.29) is 5.91 Å². The number of unbranched alkanes of at least 4 members (excludes halogenated alkanes) is 1. The second-order valence-corrected chi connectivity index (χ2v) is 7.51. The summed E-state index contributed by atoms with van der Waals surface area (Å²) in [5.74, 6) is 1.00. The Kier molecular flexibility index (Phi) is 6.14. The maximum Gasteiger partial charge on any atom is 0.239 e. The Bertz CT molecular complexity index is 698. The van der Waals surface area contributed by atoms with Gasteiger partial charge in [-0.3, -0.25) is 4.79 Å². The lowest BCUT2D eigenvalue weighted by molar-refractivity contribution is -0.121. The van der Waals surface area contributed by atoms with Gasteiger partial charge in [0.05, 0.1) is 0 Å². The summed E-state index contributed by atoms with van der Waals surface area (Å²) >= 11 is 0. The molecule has 1 aliphatic rings. The summed E-state index contributed by atoms with van der Waals surface area (Å²) in [5, 5.41) is 4.28. The highest BCUT2D eigenvalue weighted by atomic mass is 16.1. The number of hydrogen-bond acceptors (Lipinski definition) is 2. The topological polar surface area (TPSA) is 37.3 Å². The fourth-order valence-corrected chi connectivity index (χ4v) is 3.73. The van der Waals surface area contributed by atoms with Gasteiger partial charge >= 0.3 is 0 Å². The van der Waals surface area contributed by atoms with Crippen molar-refractivity contribution in [2.45, 2.75) is 46.1 Å². The Labute approximate surface area is 151 Å². The maximum absolute atomic E-state index is 12.3. The first-order valence-electron chi connectivity index (χ1n) is 9.67. The van der Waals surface area contributed by atoms with Gasteiger partial charge in [-0.2, -0.15) is 0 Å². The summed E-state index contributed by atoms with van der Waals surface area (Å²) in [7, 11) is 0. The minimum Gasteiger partial charge on any atom is -0.355 e. The van der Waals surface area contributed by atoms with Crippen molar-refractivity contribution in [3.05, 3.63) is 36.0 Å². The van der Waals surface area contributed by atoms with Crippen molar-refractivity contribution < 1.29 is 4.79 Å². The molecule has 0 unspecified atom stereocenters. The molecule has 1 N–H and O–H groups in total. The van der Waals surface area contributed by atoms with Gasteiger partial charge in [0.25, 0.3) is 0 Å². The van der Waals surface area contributed by atoms with E-state index in [4.69, 9.17) is 0 Å². The first-order valence-corrected chi connectivity index (χ1v) is 9.67. The summed E-state index contributed by atoms with van der Waals surface area (Å²) in [6, 6.07) is 10.4. The predicted molar refractivity (Wildman–Crippen MR) is 104 cm³/mol. The number of carbonyl (C=O) groups is 1. The molecule has 3 rings (SSSR count). The molecular formula is C21H31N3O. The van der Waals surface area contributed by atoms with Crippen LogP contribution in [-0.2, 0) is 11.3 Å². The van der Waals surface area contributed by atoms with Gasteiger partial charge in [0.2, 0.25) is 5.91 Å². The third-order valence-corrected chi connectivity index (χ3v) is 5.42. The van der Waals surface area contributed by atoms with Crippen molar-refractivity contribution in [3.63, 3.8) is 0 Å². The van der Waals surface area contributed by atoms with Crippen LogP contribution in [0.15, 0.2) is 30.3 Å². The lowest BCUT2D eigenvalue weighted by atomic mass is 9.99. The molecule has 4 nitrogen and oxygen atoms in total. The van der Waals surface area contributed by atoms with E-state index in [9.17, 15) is 4.79 Å². The fraction of sp³-hybridized carbons (Fsp3) is 0.571. The molecule has 0 bridgehead atoms. The molecule has 25 heavy (non-hydrogen) atoms. The molecule has 2 heterocycles. The molecule has 1 saturated heterocycles. The van der Waals surface area contributed by atoms with E-state index in [1.807, 2.05) is 12.1 Å². The molecule has 0 radical (unpaired) electrons. The van der Waals surface area contributed by atoms with E-state index >= 15 is 0 Å². The lowest BCUT2D eigenvalue weighted by Crippen LogP contribution is -2.34. The number of nitrogens with zero attached hydrogens (tertiary/aromatic N) is 2. The van der Waals surface area contributed by atoms with Gasteiger partial charge in [-0.25, -0.2) is 0 Å². The molecule has 2 aromatic rings. The largest absolute Gasteiger partial charge is 0.355 e. The molecule has 1 amide bonds. The Morgan fingerprint density at radius 1 is 1.20 bits per heavy atom. The monoisotopic (exact) mass is 341 g/mol. The summed E-state index contributed by atoms with van der Waals surface area (Å²) in [6.07, 6.45) is 4.89. The van der Waals surface area contributed by atoms with E-state index < -0.39 is 0 Å². The van der Waals surface area contributed by atoms with E-state index in [1.165, 1.54) is 44.3 Å². The first kappa shape index (κ1) is 18.0. The maximum atomic E-state index is 12.3. The van der Waals surface area contributed by atoms with Crippen LogP contribution in [0.3, 0.4) is 0 Å². The summed E-state index contributed by atoms with van der Waals surface area (Å²) in [4.78, 5) is 14.8. The molecule has 1 aliphatic heterocycles. The normalized spacial score (nSPS) is 16.4. The Balaban J connectivity index is 1.37. The number of aryl methyl sites for hydroxylation is 1. The SMILES string of the molecule is Cc1cc2ccccc2n1CC(=O)NCCCCN1CCC(C)CC1. The first-order chi connectivity index (χ1) is 12.1.